The van der Waals surface area contributed by atoms with Crippen LogP contribution in [0.15, 0.2) is 45.2 Å². The van der Waals surface area contributed by atoms with Gasteiger partial charge in [0.05, 0.1) is 6.54 Å². The summed E-state index contributed by atoms with van der Waals surface area (Å²) in [5.41, 5.74) is 2.12. The quantitative estimate of drug-likeness (QED) is 0.274. The van der Waals surface area contributed by atoms with Gasteiger partial charge in [-0.3, -0.25) is 4.79 Å². The maximum Gasteiger partial charge on any atom is 0.252 e. The van der Waals surface area contributed by atoms with Gasteiger partial charge in [-0.25, -0.2) is 8.78 Å². The molecule has 0 spiro atoms. The topological polar surface area (TPSA) is 45.0 Å². The lowest BCUT2D eigenvalue weighted by atomic mass is 10.0. The van der Waals surface area contributed by atoms with Gasteiger partial charge >= 0.3 is 0 Å². The molecule has 0 aromatic heterocycles. The van der Waals surface area contributed by atoms with Crippen molar-refractivity contribution < 1.29 is 13.6 Å². The first kappa shape index (κ1) is 18.9. The molecule has 136 valence electrons. The van der Waals surface area contributed by atoms with Gasteiger partial charge in [0.15, 0.2) is 0 Å². The Morgan fingerprint density at radius 1 is 1.50 bits per heavy atom. The summed E-state index contributed by atoms with van der Waals surface area (Å²) in [4.78, 5) is 12.6. The van der Waals surface area contributed by atoms with Crippen LogP contribution >= 0.6 is 27.5 Å². The highest BCUT2D eigenvalue weighted by Crippen LogP contribution is 2.51. The van der Waals surface area contributed by atoms with Gasteiger partial charge in [-0.05, 0) is 17.7 Å². The number of nitrogens with zero attached hydrogens (tertiary/aromatic N) is 3. The van der Waals surface area contributed by atoms with Crippen LogP contribution < -0.4 is 0 Å². The number of carbonyl (C=O) groups excluding carboxylic acids is 1. The SMILES string of the molecule is C=N/N=C(/CC1CC1(F)F)N1C=CC(c2ccc(C=O)cc2Cl)=C(Br)C1. The molecule has 26 heavy (non-hydrogen) atoms. The van der Waals surface area contributed by atoms with E-state index in [2.05, 4.69) is 32.9 Å². The van der Waals surface area contributed by atoms with Crippen molar-refractivity contribution in [1.29, 1.82) is 0 Å². The summed E-state index contributed by atoms with van der Waals surface area (Å²) in [6.07, 6.45) is 4.33. The number of benzene rings is 1. The molecule has 3 rings (SSSR count). The molecule has 1 aliphatic heterocycles. The fraction of sp³-hybridized carbons (Fsp3) is 0.278. The molecule has 4 nitrogen and oxygen atoms in total. The maximum atomic E-state index is 13.2. The van der Waals surface area contributed by atoms with Crippen LogP contribution in [0, 0.1) is 5.92 Å². The number of aldehydes is 1. The van der Waals surface area contributed by atoms with Gasteiger partial charge < -0.3 is 4.90 Å². The highest BCUT2D eigenvalue weighted by molar-refractivity contribution is 9.11. The number of amidine groups is 1. The Balaban J connectivity index is 1.80. The van der Waals surface area contributed by atoms with Crippen molar-refractivity contribution in [3.8, 4) is 0 Å². The van der Waals surface area contributed by atoms with Gasteiger partial charge in [-0.1, -0.05) is 39.7 Å². The zero-order valence-electron chi connectivity index (χ0n) is 13.6. The van der Waals surface area contributed by atoms with Crippen LogP contribution in [0.2, 0.25) is 5.02 Å². The van der Waals surface area contributed by atoms with E-state index in [4.69, 9.17) is 11.6 Å². The Labute approximate surface area is 163 Å². The smallest absolute Gasteiger partial charge is 0.252 e. The van der Waals surface area contributed by atoms with Crippen molar-refractivity contribution >= 4 is 51.9 Å². The second-order valence-electron chi connectivity index (χ2n) is 6.14. The molecule has 1 fully saturated rings. The first-order chi connectivity index (χ1) is 12.4. The molecule has 1 atom stereocenters. The number of alkyl halides is 2. The molecular weight excluding hydrogens is 428 g/mol. The fourth-order valence-electron chi connectivity index (χ4n) is 2.79. The normalized spacial score (nSPS) is 21.8. The van der Waals surface area contributed by atoms with Crippen LogP contribution in [0.4, 0.5) is 8.78 Å². The van der Waals surface area contributed by atoms with Gasteiger partial charge in [0.2, 0.25) is 0 Å². The van der Waals surface area contributed by atoms with E-state index in [1.54, 1.807) is 29.3 Å². The predicted molar refractivity (Wildman–Crippen MR) is 103 cm³/mol. The second kappa shape index (κ2) is 7.40. The number of hydrogen-bond donors (Lipinski definition) is 0. The van der Waals surface area contributed by atoms with Crippen molar-refractivity contribution in [3.05, 3.63) is 51.1 Å². The molecule has 0 amide bonds. The molecule has 1 aromatic rings. The maximum absolute atomic E-state index is 13.2. The number of hydrogen-bond acceptors (Lipinski definition) is 3. The third-order valence-electron chi connectivity index (χ3n) is 4.34. The number of carbonyl (C=O) groups is 1. The average Bonchev–Trinajstić information content (AvgIpc) is 3.21. The summed E-state index contributed by atoms with van der Waals surface area (Å²) in [7, 11) is 0. The zero-order chi connectivity index (χ0) is 18.9. The van der Waals surface area contributed by atoms with Crippen LogP contribution in [0.3, 0.4) is 0 Å². The first-order valence-electron chi connectivity index (χ1n) is 7.84. The fourth-order valence-corrected chi connectivity index (χ4v) is 3.69. The monoisotopic (exact) mass is 441 g/mol. The highest BCUT2D eigenvalue weighted by atomic mass is 79.9. The second-order valence-corrected chi connectivity index (χ2v) is 7.51. The van der Waals surface area contributed by atoms with Gasteiger partial charge in [0.25, 0.3) is 5.92 Å². The third kappa shape index (κ3) is 3.94. The molecule has 0 bridgehead atoms. The minimum atomic E-state index is -2.62. The minimum Gasteiger partial charge on any atom is -0.330 e. The van der Waals surface area contributed by atoms with E-state index in [-0.39, 0.29) is 12.8 Å². The van der Waals surface area contributed by atoms with E-state index in [0.717, 1.165) is 21.9 Å². The van der Waals surface area contributed by atoms with E-state index in [1.807, 2.05) is 6.08 Å². The van der Waals surface area contributed by atoms with Gasteiger partial charge in [0, 0.05) is 52.3 Å². The van der Waals surface area contributed by atoms with Gasteiger partial charge in [0.1, 0.15) is 12.1 Å². The average molecular weight is 443 g/mol. The van der Waals surface area contributed by atoms with Gasteiger partial charge in [-0.15, -0.1) is 5.10 Å². The molecule has 2 aliphatic rings. The summed E-state index contributed by atoms with van der Waals surface area (Å²) in [6.45, 7) is 3.73. The molecule has 0 N–H and O–H groups in total. The number of rotatable bonds is 5. The molecule has 1 saturated carbocycles. The molecule has 8 heteroatoms. The number of allylic oxidation sites excluding steroid dienone is 2. The molecule has 1 unspecified atom stereocenters. The van der Waals surface area contributed by atoms with Crippen LogP contribution in [0.1, 0.15) is 28.8 Å². The largest absolute Gasteiger partial charge is 0.330 e. The third-order valence-corrected chi connectivity index (χ3v) is 5.33. The molecule has 1 heterocycles. The Morgan fingerprint density at radius 2 is 2.23 bits per heavy atom. The Bertz CT molecular complexity index is 851. The molecule has 1 aromatic carbocycles. The van der Waals surface area contributed by atoms with Crippen LogP contribution in [-0.2, 0) is 0 Å². The van der Waals surface area contributed by atoms with Crippen molar-refractivity contribution in [2.75, 3.05) is 6.54 Å². The van der Waals surface area contributed by atoms with Crippen molar-refractivity contribution in [2.24, 2.45) is 16.1 Å². The predicted octanol–water partition coefficient (Wildman–Crippen LogP) is 5.15. The minimum absolute atomic E-state index is 0.123. The van der Waals surface area contributed by atoms with E-state index >= 15 is 0 Å². The van der Waals surface area contributed by atoms with Crippen molar-refractivity contribution in [1.82, 2.24) is 4.90 Å². The zero-order valence-corrected chi connectivity index (χ0v) is 16.0. The molecular formula is C18H15BrClF2N3O. The summed E-state index contributed by atoms with van der Waals surface area (Å²) in [6, 6.07) is 5.06. The first-order valence-corrected chi connectivity index (χ1v) is 9.02. The Kier molecular flexibility index (Phi) is 5.39. The van der Waals surface area contributed by atoms with E-state index in [0.29, 0.717) is 23.0 Å². The Morgan fingerprint density at radius 3 is 2.77 bits per heavy atom. The summed E-state index contributed by atoms with van der Waals surface area (Å²) >= 11 is 9.81. The van der Waals surface area contributed by atoms with Crippen LogP contribution in [0.5, 0.6) is 0 Å². The highest BCUT2D eigenvalue weighted by Gasteiger charge is 2.57. The summed E-state index contributed by atoms with van der Waals surface area (Å²) < 4.78 is 27.3. The number of halogens is 4. The van der Waals surface area contributed by atoms with Crippen LogP contribution in [-0.4, -0.2) is 36.2 Å². The Hall–Kier alpha value is -1.86. The lowest BCUT2D eigenvalue weighted by Gasteiger charge is -2.26. The standard InChI is InChI=1S/C18H15BrClF2N3O/c1-23-24-17(7-12-8-18(12,21)22)25-5-4-13(15(19)9-25)14-3-2-11(10-26)6-16(14)20/h2-6,10,12H,1,7-9H2/b24-17-. The molecule has 1 aliphatic carbocycles. The van der Waals surface area contributed by atoms with E-state index in [9.17, 15) is 13.6 Å². The summed E-state index contributed by atoms with van der Waals surface area (Å²) in [5, 5.41) is 7.89. The van der Waals surface area contributed by atoms with E-state index < -0.39 is 11.8 Å². The van der Waals surface area contributed by atoms with Crippen LogP contribution in [0.25, 0.3) is 5.57 Å². The molecule has 0 radical (unpaired) electrons. The lowest BCUT2D eigenvalue weighted by molar-refractivity contribution is 0.0997. The molecule has 0 saturated heterocycles. The summed E-state index contributed by atoms with van der Waals surface area (Å²) in [5.74, 6) is -2.88. The lowest BCUT2D eigenvalue weighted by Crippen LogP contribution is -2.29. The van der Waals surface area contributed by atoms with Crippen molar-refractivity contribution in [2.45, 2.75) is 18.8 Å². The van der Waals surface area contributed by atoms with Crippen molar-refractivity contribution in [3.63, 3.8) is 0 Å². The van der Waals surface area contributed by atoms with E-state index in [1.165, 1.54) is 0 Å². The van der Waals surface area contributed by atoms with Gasteiger partial charge in [-0.2, -0.15) is 5.10 Å².